The fourth-order valence-electron chi connectivity index (χ4n) is 7.59. The van der Waals surface area contributed by atoms with E-state index in [1.807, 2.05) is 31.2 Å². The van der Waals surface area contributed by atoms with Gasteiger partial charge in [-0.25, -0.2) is 4.79 Å². The van der Waals surface area contributed by atoms with E-state index in [1.165, 1.54) is 12.0 Å². The summed E-state index contributed by atoms with van der Waals surface area (Å²) in [6.07, 6.45) is 10.9. The van der Waals surface area contributed by atoms with Gasteiger partial charge in [0, 0.05) is 11.8 Å². The Hall–Kier alpha value is -2.10. The van der Waals surface area contributed by atoms with Crippen LogP contribution in [-0.4, -0.2) is 23.0 Å². The largest absolute Gasteiger partial charge is 0.458 e. The minimum absolute atomic E-state index is 0.0156. The average molecular weight is 422 g/mol. The predicted molar refractivity (Wildman–Crippen MR) is 121 cm³/mol. The first-order valence-corrected chi connectivity index (χ1v) is 12.0. The lowest BCUT2D eigenvalue weighted by Gasteiger charge is -2.57. The second kappa shape index (κ2) is 7.50. The summed E-state index contributed by atoms with van der Waals surface area (Å²) < 4.78 is 5.94. The number of benzene rings is 1. The van der Waals surface area contributed by atoms with Gasteiger partial charge in [-0.15, -0.1) is 0 Å². The number of rotatable bonds is 2. The third-order valence-corrected chi connectivity index (χ3v) is 9.48. The third-order valence-electron chi connectivity index (χ3n) is 9.48. The van der Waals surface area contributed by atoms with Gasteiger partial charge in [-0.2, -0.15) is 0 Å². The lowest BCUT2D eigenvalue weighted by atomic mass is 9.48. The number of aryl methyl sites for hydroxylation is 1. The van der Waals surface area contributed by atoms with Gasteiger partial charge in [0.15, 0.2) is 0 Å². The van der Waals surface area contributed by atoms with Crippen LogP contribution in [0.2, 0.25) is 0 Å². The fraction of sp³-hybridized carbons (Fsp3) is 0.630. The molecule has 166 valence electrons. The van der Waals surface area contributed by atoms with Crippen LogP contribution in [0.15, 0.2) is 41.1 Å². The number of carbonyl (C=O) groups excluding carboxylic acids is 1. The minimum Gasteiger partial charge on any atom is -0.458 e. The van der Waals surface area contributed by atoms with Gasteiger partial charge >= 0.3 is 5.97 Å². The lowest BCUT2D eigenvalue weighted by Crippen LogP contribution is -2.50. The van der Waals surface area contributed by atoms with Crippen LogP contribution >= 0.6 is 0 Å². The van der Waals surface area contributed by atoms with Crippen molar-refractivity contribution in [3.63, 3.8) is 0 Å². The van der Waals surface area contributed by atoms with Crippen molar-refractivity contribution >= 4 is 11.7 Å². The van der Waals surface area contributed by atoms with Crippen molar-refractivity contribution in [1.29, 1.82) is 0 Å². The van der Waals surface area contributed by atoms with E-state index in [2.05, 4.69) is 25.1 Å². The maximum atomic E-state index is 12.6. The molecule has 4 heteroatoms. The molecule has 4 aliphatic carbocycles. The van der Waals surface area contributed by atoms with Gasteiger partial charge in [-0.05, 0) is 87.2 Å². The molecule has 0 spiro atoms. The zero-order chi connectivity index (χ0) is 21.8. The molecule has 3 saturated carbocycles. The minimum atomic E-state index is -0.196. The molecule has 6 atom stereocenters. The number of esters is 1. The van der Waals surface area contributed by atoms with Crippen LogP contribution in [0, 0.1) is 35.5 Å². The number of fused-ring (bicyclic) bond motifs is 5. The molecule has 4 nitrogen and oxygen atoms in total. The molecule has 1 aromatic carbocycles. The molecule has 1 aromatic rings. The van der Waals surface area contributed by atoms with Crippen molar-refractivity contribution in [1.82, 2.24) is 0 Å². The molecule has 0 radical (unpaired) electrons. The van der Waals surface area contributed by atoms with E-state index in [1.54, 1.807) is 0 Å². The monoisotopic (exact) mass is 421 g/mol. The Morgan fingerprint density at radius 3 is 2.52 bits per heavy atom. The zero-order valence-corrected chi connectivity index (χ0v) is 19.1. The molecule has 3 fully saturated rings. The topological polar surface area (TPSA) is 58.9 Å². The average Bonchev–Trinajstić information content (AvgIpc) is 3.10. The van der Waals surface area contributed by atoms with Crippen molar-refractivity contribution in [2.24, 2.45) is 33.7 Å². The Labute approximate surface area is 185 Å². The molecule has 0 amide bonds. The summed E-state index contributed by atoms with van der Waals surface area (Å²) in [5, 5.41) is 13.2. The van der Waals surface area contributed by atoms with E-state index in [0.717, 1.165) is 56.2 Å². The summed E-state index contributed by atoms with van der Waals surface area (Å²) in [5.41, 5.74) is 4.64. The second-order valence-electron chi connectivity index (χ2n) is 10.9. The summed E-state index contributed by atoms with van der Waals surface area (Å²) in [7, 11) is 0. The molecular formula is C27H35NO3. The predicted octanol–water partition coefficient (Wildman–Crippen LogP) is 6.31. The van der Waals surface area contributed by atoms with E-state index in [0.29, 0.717) is 23.3 Å². The number of hydrogen-bond acceptors (Lipinski definition) is 4. The zero-order valence-electron chi connectivity index (χ0n) is 19.1. The highest BCUT2D eigenvalue weighted by Gasteiger charge is 2.58. The molecular weight excluding hydrogens is 386 g/mol. The summed E-state index contributed by atoms with van der Waals surface area (Å²) >= 11 is 0. The maximum Gasteiger partial charge on any atom is 0.338 e. The SMILES string of the molecule is Cc1ccc(C(=O)O[C@H]2CC[C@@]3(C)C(=CCC4C3CC[C@]3(C)/C(=N\O)CCC43)C2)cc1. The Kier molecular flexibility index (Phi) is 5.02. The van der Waals surface area contributed by atoms with Crippen molar-refractivity contribution in [3.8, 4) is 0 Å². The first kappa shape index (κ1) is 20.8. The Morgan fingerprint density at radius 2 is 1.77 bits per heavy atom. The van der Waals surface area contributed by atoms with Gasteiger partial charge in [0.2, 0.25) is 0 Å². The van der Waals surface area contributed by atoms with Gasteiger partial charge in [0.25, 0.3) is 0 Å². The summed E-state index contributed by atoms with van der Waals surface area (Å²) in [6.45, 7) is 6.82. The van der Waals surface area contributed by atoms with Gasteiger partial charge in [0.1, 0.15) is 6.10 Å². The van der Waals surface area contributed by atoms with Crippen LogP contribution < -0.4 is 0 Å². The number of carbonyl (C=O) groups is 1. The second-order valence-corrected chi connectivity index (χ2v) is 10.9. The third kappa shape index (κ3) is 3.25. The number of oxime groups is 1. The van der Waals surface area contributed by atoms with E-state index in [4.69, 9.17) is 4.74 Å². The molecule has 0 aliphatic heterocycles. The van der Waals surface area contributed by atoms with E-state index < -0.39 is 0 Å². The van der Waals surface area contributed by atoms with Gasteiger partial charge in [-0.1, -0.05) is 48.3 Å². The Bertz CT molecular complexity index is 932. The van der Waals surface area contributed by atoms with Gasteiger partial charge < -0.3 is 9.94 Å². The van der Waals surface area contributed by atoms with E-state index in [-0.39, 0.29) is 22.9 Å². The standard InChI is InChI=1S/C27H35NO3/c1-17-4-6-18(7-5-17)25(29)31-20-12-14-26(2)19(16-20)8-9-21-22-10-11-24(28-30)27(22,3)15-13-23(21)26/h4-8,20-23,30H,9-16H2,1-3H3/b28-24-/t20-,21?,22?,23?,26-,27-/m0/s1. The Morgan fingerprint density at radius 1 is 1.06 bits per heavy atom. The molecule has 0 heterocycles. The molecule has 0 aromatic heterocycles. The van der Waals surface area contributed by atoms with Crippen LogP contribution in [0.5, 0.6) is 0 Å². The lowest BCUT2D eigenvalue weighted by molar-refractivity contribution is -0.0287. The smallest absolute Gasteiger partial charge is 0.338 e. The molecule has 31 heavy (non-hydrogen) atoms. The normalized spacial score (nSPS) is 40.5. The van der Waals surface area contributed by atoms with E-state index >= 15 is 0 Å². The van der Waals surface area contributed by atoms with Gasteiger partial charge in [-0.3, -0.25) is 0 Å². The van der Waals surface area contributed by atoms with Crippen molar-refractivity contribution < 1.29 is 14.7 Å². The van der Waals surface area contributed by atoms with Crippen LogP contribution in [0.3, 0.4) is 0 Å². The molecule has 0 saturated heterocycles. The van der Waals surface area contributed by atoms with Crippen LogP contribution in [0.25, 0.3) is 0 Å². The first-order valence-electron chi connectivity index (χ1n) is 12.0. The number of nitrogens with zero attached hydrogens (tertiary/aromatic N) is 1. The van der Waals surface area contributed by atoms with Crippen molar-refractivity contribution in [2.75, 3.05) is 0 Å². The highest BCUT2D eigenvalue weighted by atomic mass is 16.5. The van der Waals surface area contributed by atoms with E-state index in [9.17, 15) is 10.0 Å². The molecule has 0 bridgehead atoms. The summed E-state index contributed by atoms with van der Waals surface area (Å²) in [6, 6.07) is 7.65. The first-order chi connectivity index (χ1) is 14.8. The van der Waals surface area contributed by atoms with Crippen molar-refractivity contribution in [2.45, 2.75) is 78.2 Å². The number of hydrogen-bond donors (Lipinski definition) is 1. The van der Waals surface area contributed by atoms with Gasteiger partial charge in [0.05, 0.1) is 11.3 Å². The molecule has 5 rings (SSSR count). The number of allylic oxidation sites excluding steroid dienone is 1. The fourth-order valence-corrected chi connectivity index (χ4v) is 7.59. The maximum absolute atomic E-state index is 12.6. The quantitative estimate of drug-likeness (QED) is 0.263. The number of ether oxygens (including phenoxy) is 1. The van der Waals surface area contributed by atoms with Crippen LogP contribution in [-0.2, 0) is 4.74 Å². The highest BCUT2D eigenvalue weighted by molar-refractivity contribution is 5.92. The van der Waals surface area contributed by atoms with Crippen molar-refractivity contribution in [3.05, 3.63) is 47.0 Å². The Balaban J connectivity index is 1.32. The summed E-state index contributed by atoms with van der Waals surface area (Å²) in [5.74, 6) is 1.80. The molecule has 1 N–H and O–H groups in total. The van der Waals surface area contributed by atoms with Crippen LogP contribution in [0.4, 0.5) is 0 Å². The molecule has 3 unspecified atom stereocenters. The van der Waals surface area contributed by atoms with Crippen LogP contribution in [0.1, 0.15) is 81.1 Å². The molecule has 4 aliphatic rings. The summed E-state index contributed by atoms with van der Waals surface area (Å²) in [4.78, 5) is 12.6. The highest BCUT2D eigenvalue weighted by Crippen LogP contribution is 2.64.